The van der Waals surface area contributed by atoms with Crippen molar-refractivity contribution in [2.45, 2.75) is 36.6 Å². The molecule has 0 saturated carbocycles. The van der Waals surface area contributed by atoms with E-state index in [1.807, 2.05) is 12.1 Å². The largest absolute Gasteiger partial charge is 0.338 e. The lowest BCUT2D eigenvalue weighted by molar-refractivity contribution is -0.708. The first-order valence-corrected chi connectivity index (χ1v) is 12.4. The van der Waals surface area contributed by atoms with Gasteiger partial charge in [0.1, 0.15) is 0 Å². The second kappa shape index (κ2) is 8.49. The van der Waals surface area contributed by atoms with E-state index >= 15 is 0 Å². The zero-order chi connectivity index (χ0) is 22.2. The third kappa shape index (κ3) is 4.69. The molecule has 4 rings (SSSR count). The van der Waals surface area contributed by atoms with Gasteiger partial charge in [0.15, 0.2) is 17.9 Å². The van der Waals surface area contributed by atoms with Crippen molar-refractivity contribution in [3.63, 3.8) is 0 Å². The fourth-order valence-electron chi connectivity index (χ4n) is 3.87. The molecule has 2 heterocycles. The van der Waals surface area contributed by atoms with E-state index in [-0.39, 0.29) is 4.90 Å². The summed E-state index contributed by atoms with van der Waals surface area (Å²) in [7, 11) is -1.55. The molecule has 0 atom stereocenters. The van der Waals surface area contributed by atoms with Gasteiger partial charge < -0.3 is 4.90 Å². The van der Waals surface area contributed by atoms with Crippen LogP contribution in [0.25, 0.3) is 6.08 Å². The standard InChI is InChI=1S/C24H26N3O2S2/c1-17-14-20(16-24-26(3)22-6-4-5-7-23(22)30-24)15-18(2)27(17)13-12-19-8-10-21(11-9-19)31(25,28)29/h4-11,14-16H,12-13H2,1-3H3,(H2,25,28,29)/q+1. The van der Waals surface area contributed by atoms with Crippen LogP contribution in [0, 0.1) is 13.8 Å². The van der Waals surface area contributed by atoms with E-state index < -0.39 is 10.0 Å². The van der Waals surface area contributed by atoms with Crippen LogP contribution in [0.5, 0.6) is 0 Å². The van der Waals surface area contributed by atoms with Crippen LogP contribution in [0.3, 0.4) is 0 Å². The highest BCUT2D eigenvalue weighted by atomic mass is 32.2. The predicted molar refractivity (Wildman–Crippen MR) is 126 cm³/mol. The van der Waals surface area contributed by atoms with Crippen LogP contribution >= 0.6 is 11.8 Å². The van der Waals surface area contributed by atoms with Crippen molar-refractivity contribution in [1.82, 2.24) is 0 Å². The molecule has 0 saturated heterocycles. The molecule has 1 aliphatic rings. The van der Waals surface area contributed by atoms with Crippen molar-refractivity contribution in [3.8, 4) is 0 Å². The number of hydrogen-bond acceptors (Lipinski definition) is 4. The highest BCUT2D eigenvalue weighted by Crippen LogP contribution is 2.45. The van der Waals surface area contributed by atoms with Crippen molar-refractivity contribution >= 4 is 33.5 Å². The molecule has 0 amide bonds. The van der Waals surface area contributed by atoms with Gasteiger partial charge in [-0.3, -0.25) is 0 Å². The van der Waals surface area contributed by atoms with Gasteiger partial charge in [-0.1, -0.05) is 36.0 Å². The maximum atomic E-state index is 11.4. The molecule has 1 aliphatic heterocycles. The Morgan fingerprint density at radius 2 is 1.68 bits per heavy atom. The van der Waals surface area contributed by atoms with Gasteiger partial charge in [0.05, 0.1) is 15.6 Å². The van der Waals surface area contributed by atoms with Crippen molar-refractivity contribution in [3.05, 3.63) is 88.2 Å². The topological polar surface area (TPSA) is 67.3 Å². The summed E-state index contributed by atoms with van der Waals surface area (Å²) < 4.78 is 25.1. The number of aromatic nitrogens is 1. The third-order valence-electron chi connectivity index (χ3n) is 5.54. The summed E-state index contributed by atoms with van der Waals surface area (Å²) in [6.45, 7) is 5.07. The molecule has 2 aromatic carbocycles. The quantitative estimate of drug-likeness (QED) is 0.594. The Kier molecular flexibility index (Phi) is 5.92. The monoisotopic (exact) mass is 452 g/mol. The molecule has 0 radical (unpaired) electrons. The number of thioether (sulfide) groups is 1. The first-order chi connectivity index (χ1) is 14.7. The molecule has 3 aromatic rings. The fraction of sp³-hybridized carbons (Fsp3) is 0.208. The van der Waals surface area contributed by atoms with Gasteiger partial charge in [0.2, 0.25) is 10.0 Å². The number of pyridine rings is 1. The second-order valence-corrected chi connectivity index (χ2v) is 10.4. The summed E-state index contributed by atoms with van der Waals surface area (Å²) in [5.41, 5.74) is 5.89. The molecular weight excluding hydrogens is 426 g/mol. The lowest BCUT2D eigenvalue weighted by atomic mass is 10.1. The fourth-order valence-corrected chi connectivity index (χ4v) is 5.50. The minimum absolute atomic E-state index is 0.144. The predicted octanol–water partition coefficient (Wildman–Crippen LogP) is 4.02. The Morgan fingerprint density at radius 3 is 2.29 bits per heavy atom. The maximum absolute atomic E-state index is 11.4. The van der Waals surface area contributed by atoms with Crippen molar-refractivity contribution in [2.24, 2.45) is 5.14 Å². The van der Waals surface area contributed by atoms with E-state index in [4.69, 9.17) is 5.14 Å². The maximum Gasteiger partial charge on any atom is 0.238 e. The van der Waals surface area contributed by atoms with Gasteiger partial charge >= 0.3 is 0 Å². The van der Waals surface area contributed by atoms with Crippen LogP contribution in [0.2, 0.25) is 0 Å². The highest BCUT2D eigenvalue weighted by molar-refractivity contribution is 8.03. The molecule has 1 aromatic heterocycles. The second-order valence-electron chi connectivity index (χ2n) is 7.77. The Bertz CT molecular complexity index is 1240. The van der Waals surface area contributed by atoms with Gasteiger partial charge in [-0.25, -0.2) is 13.6 Å². The van der Waals surface area contributed by atoms with Crippen molar-refractivity contribution < 1.29 is 13.0 Å². The number of benzene rings is 2. The average molecular weight is 453 g/mol. The van der Waals surface area contributed by atoms with Crippen molar-refractivity contribution in [2.75, 3.05) is 11.9 Å². The first-order valence-electron chi connectivity index (χ1n) is 10.1. The van der Waals surface area contributed by atoms with E-state index in [1.165, 1.54) is 32.6 Å². The minimum Gasteiger partial charge on any atom is -0.338 e. The average Bonchev–Trinajstić information content (AvgIpc) is 3.03. The number of primary sulfonamides is 1. The van der Waals surface area contributed by atoms with Crippen LogP contribution in [0.1, 0.15) is 22.5 Å². The molecule has 0 fully saturated rings. The third-order valence-corrected chi connectivity index (χ3v) is 7.64. The number of nitrogens with two attached hydrogens (primary N) is 1. The van der Waals surface area contributed by atoms with Gasteiger partial charge in [-0.2, -0.15) is 4.57 Å². The molecule has 0 spiro atoms. The number of hydrogen-bond donors (Lipinski definition) is 1. The molecule has 31 heavy (non-hydrogen) atoms. The molecule has 2 N–H and O–H groups in total. The number of para-hydroxylation sites is 1. The van der Waals surface area contributed by atoms with Crippen LogP contribution in [0.4, 0.5) is 5.69 Å². The summed E-state index contributed by atoms with van der Waals surface area (Å²) in [5.74, 6) is 0. The van der Waals surface area contributed by atoms with Crippen LogP contribution in [-0.4, -0.2) is 15.5 Å². The number of rotatable bonds is 5. The molecule has 0 unspecified atom stereocenters. The van der Waals surface area contributed by atoms with E-state index in [0.717, 1.165) is 18.5 Å². The van der Waals surface area contributed by atoms with E-state index in [1.54, 1.807) is 23.9 Å². The minimum atomic E-state index is -3.65. The van der Waals surface area contributed by atoms with Crippen LogP contribution < -0.4 is 14.6 Å². The Hall–Kier alpha value is -2.61. The van der Waals surface area contributed by atoms with Gasteiger partial charge in [-0.05, 0) is 41.5 Å². The number of anilines is 1. The molecule has 160 valence electrons. The number of aryl methyl sites for hydroxylation is 3. The molecule has 0 bridgehead atoms. The SMILES string of the molecule is Cc1cc(C=C2Sc3ccccc3N2C)cc(C)[n+]1CCc1ccc(S(N)(=O)=O)cc1. The highest BCUT2D eigenvalue weighted by Gasteiger charge is 2.22. The number of fused-ring (bicyclic) bond motifs is 1. The summed E-state index contributed by atoms with van der Waals surface area (Å²) >= 11 is 1.79. The normalized spacial score (nSPS) is 14.8. The molecular formula is C24H26N3O2S2+. The molecule has 5 nitrogen and oxygen atoms in total. The van der Waals surface area contributed by atoms with Gasteiger partial charge in [0.25, 0.3) is 0 Å². The van der Waals surface area contributed by atoms with Gasteiger partial charge in [0, 0.05) is 44.3 Å². The summed E-state index contributed by atoms with van der Waals surface area (Å²) in [4.78, 5) is 3.66. The summed E-state index contributed by atoms with van der Waals surface area (Å²) in [6, 6.07) is 19.7. The van der Waals surface area contributed by atoms with Crippen molar-refractivity contribution in [1.29, 1.82) is 0 Å². The Balaban J connectivity index is 1.50. The smallest absolute Gasteiger partial charge is 0.238 e. The van der Waals surface area contributed by atoms with E-state index in [0.29, 0.717) is 0 Å². The molecule has 7 heteroatoms. The van der Waals surface area contributed by atoms with Crippen LogP contribution in [-0.2, 0) is 23.0 Å². The van der Waals surface area contributed by atoms with Crippen LogP contribution in [0.15, 0.2) is 75.5 Å². The summed E-state index contributed by atoms with van der Waals surface area (Å²) in [5, 5.41) is 6.39. The Labute approximate surface area is 188 Å². The van der Waals surface area contributed by atoms with Gasteiger partial charge in [-0.15, -0.1) is 0 Å². The Morgan fingerprint density at radius 1 is 1.03 bits per heavy atom. The lowest BCUT2D eigenvalue weighted by Crippen LogP contribution is -2.41. The number of nitrogens with zero attached hydrogens (tertiary/aromatic N) is 2. The molecule has 0 aliphatic carbocycles. The zero-order valence-corrected chi connectivity index (χ0v) is 19.5. The zero-order valence-electron chi connectivity index (χ0n) is 17.9. The summed E-state index contributed by atoms with van der Waals surface area (Å²) in [6.07, 6.45) is 3.05. The first kappa shape index (κ1) is 21.6. The number of sulfonamides is 1. The lowest BCUT2D eigenvalue weighted by Gasteiger charge is -2.13. The van der Waals surface area contributed by atoms with E-state index in [2.05, 4.69) is 72.8 Å². The van der Waals surface area contributed by atoms with E-state index in [9.17, 15) is 8.42 Å².